The first-order valence-corrected chi connectivity index (χ1v) is 7.42. The van der Waals surface area contributed by atoms with Crippen molar-refractivity contribution in [2.45, 2.75) is 18.7 Å². The second-order valence-corrected chi connectivity index (χ2v) is 5.61. The van der Waals surface area contributed by atoms with E-state index < -0.39 is 6.36 Å². The number of ether oxygens (including phenoxy) is 2. The molecule has 1 aliphatic heterocycles. The highest BCUT2D eigenvalue weighted by molar-refractivity contribution is 5.82. The summed E-state index contributed by atoms with van der Waals surface area (Å²) < 4.78 is 46.6. The van der Waals surface area contributed by atoms with Crippen molar-refractivity contribution in [1.82, 2.24) is 10.4 Å². The molecular weight excluding hydrogens is 313 g/mol. The summed E-state index contributed by atoms with van der Waals surface area (Å²) in [5.41, 5.74) is 3.22. The van der Waals surface area contributed by atoms with Crippen molar-refractivity contribution in [3.63, 3.8) is 0 Å². The minimum atomic E-state index is -4.74. The number of morpholine rings is 1. The fourth-order valence-corrected chi connectivity index (χ4v) is 2.75. The molecule has 2 fully saturated rings. The number of nitrogens with one attached hydrogen (secondary N) is 1. The number of hydrogen-bond donors (Lipinski definition) is 1. The van der Waals surface area contributed by atoms with Gasteiger partial charge in [0.05, 0.1) is 13.2 Å². The summed E-state index contributed by atoms with van der Waals surface area (Å²) in [6.45, 7) is 2.32. The Kier molecular flexibility index (Phi) is 4.45. The van der Waals surface area contributed by atoms with E-state index >= 15 is 0 Å². The number of para-hydroxylation sites is 1. The molecule has 8 heteroatoms. The van der Waals surface area contributed by atoms with E-state index in [0.29, 0.717) is 38.3 Å². The molecule has 2 aliphatic rings. The molecule has 0 spiro atoms. The zero-order valence-electron chi connectivity index (χ0n) is 12.3. The lowest BCUT2D eigenvalue weighted by molar-refractivity contribution is -0.274. The number of benzene rings is 1. The highest BCUT2D eigenvalue weighted by Gasteiger charge is 2.46. The average molecular weight is 330 g/mol. The van der Waals surface area contributed by atoms with Gasteiger partial charge in [-0.2, -0.15) is 0 Å². The van der Waals surface area contributed by atoms with Crippen molar-refractivity contribution in [3.8, 4) is 5.75 Å². The smallest absolute Gasteiger partial charge is 0.405 e. The Morgan fingerprint density at radius 3 is 2.65 bits per heavy atom. The normalized spacial score (nSPS) is 25.0. The SMILES string of the molecule is O=C(NN1CCOCC1)[C@H]1C[C@@H]1c1ccccc1OC(F)(F)F. The van der Waals surface area contributed by atoms with E-state index in [1.54, 1.807) is 17.1 Å². The Morgan fingerprint density at radius 2 is 1.96 bits per heavy atom. The average Bonchev–Trinajstić information content (AvgIpc) is 3.28. The molecule has 23 heavy (non-hydrogen) atoms. The van der Waals surface area contributed by atoms with E-state index in [1.165, 1.54) is 12.1 Å². The summed E-state index contributed by atoms with van der Waals surface area (Å²) in [4.78, 5) is 12.2. The summed E-state index contributed by atoms with van der Waals surface area (Å²) in [5, 5.41) is 1.78. The van der Waals surface area contributed by atoms with Crippen LogP contribution < -0.4 is 10.2 Å². The van der Waals surface area contributed by atoms with Crippen LogP contribution in [0.3, 0.4) is 0 Å². The summed E-state index contributed by atoms with van der Waals surface area (Å²) in [5.74, 6) is -0.962. The van der Waals surface area contributed by atoms with Crippen LogP contribution in [0.4, 0.5) is 13.2 Å². The van der Waals surface area contributed by atoms with Crippen molar-refractivity contribution >= 4 is 5.91 Å². The number of hydrazine groups is 1. The number of carbonyl (C=O) groups excluding carboxylic acids is 1. The lowest BCUT2D eigenvalue weighted by Gasteiger charge is -2.27. The molecule has 2 atom stereocenters. The predicted molar refractivity (Wildman–Crippen MR) is 74.5 cm³/mol. The summed E-state index contributed by atoms with van der Waals surface area (Å²) >= 11 is 0. The van der Waals surface area contributed by atoms with Gasteiger partial charge in [-0.05, 0) is 24.0 Å². The number of halogens is 3. The van der Waals surface area contributed by atoms with Crippen LogP contribution in [0.15, 0.2) is 24.3 Å². The Hall–Kier alpha value is -1.80. The van der Waals surface area contributed by atoms with Crippen molar-refractivity contribution in [3.05, 3.63) is 29.8 Å². The Balaban J connectivity index is 1.62. The number of carbonyl (C=O) groups is 1. The van der Waals surface area contributed by atoms with Crippen LogP contribution in [0, 0.1) is 5.92 Å². The van der Waals surface area contributed by atoms with Crippen LogP contribution in [0.25, 0.3) is 0 Å². The van der Waals surface area contributed by atoms with Gasteiger partial charge in [-0.25, -0.2) is 5.01 Å². The van der Waals surface area contributed by atoms with Crippen molar-refractivity contribution < 1.29 is 27.4 Å². The second kappa shape index (κ2) is 6.37. The third-order valence-electron chi connectivity index (χ3n) is 3.95. The van der Waals surface area contributed by atoms with Crippen LogP contribution in [0.2, 0.25) is 0 Å². The molecule has 1 N–H and O–H groups in total. The van der Waals surface area contributed by atoms with Gasteiger partial charge in [-0.1, -0.05) is 18.2 Å². The van der Waals surface area contributed by atoms with Gasteiger partial charge in [0, 0.05) is 19.0 Å². The Bertz CT molecular complexity index is 573. The third-order valence-corrected chi connectivity index (χ3v) is 3.95. The lowest BCUT2D eigenvalue weighted by Crippen LogP contribution is -2.49. The summed E-state index contributed by atoms with van der Waals surface area (Å²) in [6, 6.07) is 5.98. The fourth-order valence-electron chi connectivity index (χ4n) is 2.75. The monoisotopic (exact) mass is 330 g/mol. The molecule has 3 rings (SSSR count). The standard InChI is InChI=1S/C15H17F3N2O3/c16-15(17,18)23-13-4-2-1-3-10(13)11-9-12(11)14(21)19-20-5-7-22-8-6-20/h1-4,11-12H,5-9H2,(H,19,21)/t11-,12+/m1/s1. The maximum absolute atomic E-state index is 12.4. The summed E-state index contributed by atoms with van der Waals surface area (Å²) in [7, 11) is 0. The zero-order valence-corrected chi connectivity index (χ0v) is 12.3. The van der Waals surface area contributed by atoms with E-state index in [-0.39, 0.29) is 23.5 Å². The van der Waals surface area contributed by atoms with E-state index in [0.717, 1.165) is 0 Å². The Morgan fingerprint density at radius 1 is 1.26 bits per heavy atom. The molecule has 1 aliphatic carbocycles. The molecule has 0 bridgehead atoms. The topological polar surface area (TPSA) is 50.8 Å². The highest BCUT2D eigenvalue weighted by atomic mass is 19.4. The predicted octanol–water partition coefficient (Wildman–Crippen LogP) is 2.05. The van der Waals surface area contributed by atoms with Gasteiger partial charge >= 0.3 is 6.36 Å². The second-order valence-electron chi connectivity index (χ2n) is 5.61. The number of amides is 1. The van der Waals surface area contributed by atoms with E-state index in [1.807, 2.05) is 0 Å². The van der Waals surface area contributed by atoms with Gasteiger partial charge < -0.3 is 9.47 Å². The van der Waals surface area contributed by atoms with Crippen molar-refractivity contribution in [2.75, 3.05) is 26.3 Å². The number of hydrogen-bond acceptors (Lipinski definition) is 4. The first-order valence-electron chi connectivity index (χ1n) is 7.42. The van der Waals surface area contributed by atoms with E-state index in [9.17, 15) is 18.0 Å². The fraction of sp³-hybridized carbons (Fsp3) is 0.533. The van der Waals surface area contributed by atoms with Gasteiger partial charge in [0.15, 0.2) is 0 Å². The van der Waals surface area contributed by atoms with Gasteiger partial charge in [0.25, 0.3) is 0 Å². The van der Waals surface area contributed by atoms with Crippen molar-refractivity contribution in [2.24, 2.45) is 5.92 Å². The van der Waals surface area contributed by atoms with Gasteiger partial charge in [-0.3, -0.25) is 10.2 Å². The molecule has 1 saturated heterocycles. The molecule has 1 heterocycles. The van der Waals surface area contributed by atoms with Crippen LogP contribution >= 0.6 is 0 Å². The molecule has 126 valence electrons. The minimum absolute atomic E-state index is 0.168. The largest absolute Gasteiger partial charge is 0.573 e. The van der Waals surface area contributed by atoms with E-state index in [2.05, 4.69) is 10.2 Å². The van der Waals surface area contributed by atoms with Gasteiger partial charge in [-0.15, -0.1) is 13.2 Å². The summed E-state index contributed by atoms with van der Waals surface area (Å²) in [6.07, 6.45) is -4.22. The minimum Gasteiger partial charge on any atom is -0.405 e. The van der Waals surface area contributed by atoms with Crippen LogP contribution in [-0.4, -0.2) is 43.6 Å². The number of alkyl halides is 3. The first-order chi connectivity index (χ1) is 10.9. The zero-order chi connectivity index (χ0) is 16.4. The lowest BCUT2D eigenvalue weighted by atomic mass is 10.1. The van der Waals surface area contributed by atoms with E-state index in [4.69, 9.17) is 4.74 Å². The van der Waals surface area contributed by atoms with Gasteiger partial charge in [0.1, 0.15) is 5.75 Å². The number of nitrogens with zero attached hydrogens (tertiary/aromatic N) is 1. The molecule has 0 radical (unpaired) electrons. The third kappa shape index (κ3) is 4.14. The van der Waals surface area contributed by atoms with Crippen LogP contribution in [-0.2, 0) is 9.53 Å². The van der Waals surface area contributed by atoms with Crippen LogP contribution in [0.1, 0.15) is 17.9 Å². The highest BCUT2D eigenvalue weighted by Crippen LogP contribution is 2.51. The van der Waals surface area contributed by atoms with Gasteiger partial charge in [0.2, 0.25) is 5.91 Å². The molecular formula is C15H17F3N2O3. The quantitative estimate of drug-likeness (QED) is 0.918. The Labute approximate surface area is 131 Å². The molecule has 1 saturated carbocycles. The first kappa shape index (κ1) is 16.1. The van der Waals surface area contributed by atoms with Crippen molar-refractivity contribution in [1.29, 1.82) is 0 Å². The molecule has 1 aromatic rings. The maximum Gasteiger partial charge on any atom is 0.573 e. The molecule has 0 aromatic heterocycles. The molecule has 1 amide bonds. The molecule has 5 nitrogen and oxygen atoms in total. The molecule has 1 aromatic carbocycles. The molecule has 0 unspecified atom stereocenters. The van der Waals surface area contributed by atoms with Crippen LogP contribution in [0.5, 0.6) is 5.75 Å². The maximum atomic E-state index is 12.4. The number of rotatable bonds is 4.